The summed E-state index contributed by atoms with van der Waals surface area (Å²) >= 11 is 0. The fourth-order valence-electron chi connectivity index (χ4n) is 2.57. The molecule has 0 unspecified atom stereocenters. The third-order valence-corrected chi connectivity index (χ3v) is 6.09. The highest BCUT2D eigenvalue weighted by atomic mass is 32.2. The van der Waals surface area contributed by atoms with Crippen LogP contribution >= 0.6 is 0 Å². The first-order chi connectivity index (χ1) is 13.2. The summed E-state index contributed by atoms with van der Waals surface area (Å²) in [4.78, 5) is 10.4. The van der Waals surface area contributed by atoms with E-state index in [0.29, 0.717) is 5.56 Å². The van der Waals surface area contributed by atoms with E-state index in [4.69, 9.17) is 10.00 Å². The lowest BCUT2D eigenvalue weighted by molar-refractivity contribution is -0.386. The first kappa shape index (κ1) is 21.3. The van der Waals surface area contributed by atoms with Gasteiger partial charge in [-0.1, -0.05) is 19.9 Å². The van der Waals surface area contributed by atoms with Crippen LogP contribution in [-0.2, 0) is 16.6 Å². The highest BCUT2D eigenvalue weighted by molar-refractivity contribution is 7.89. The number of nitriles is 1. The molecule has 2 aromatic carbocycles. The Bertz CT molecular complexity index is 1030. The Morgan fingerprint density at radius 1 is 1.21 bits per heavy atom. The van der Waals surface area contributed by atoms with Gasteiger partial charge in [0.25, 0.3) is 0 Å². The minimum absolute atomic E-state index is 0.0448. The molecule has 0 heterocycles. The van der Waals surface area contributed by atoms with E-state index in [9.17, 15) is 22.9 Å². The lowest BCUT2D eigenvalue weighted by atomic mass is 10.1. The maximum atomic E-state index is 13.2. The number of rotatable bonds is 8. The van der Waals surface area contributed by atoms with E-state index in [1.165, 1.54) is 22.5 Å². The summed E-state index contributed by atoms with van der Waals surface area (Å²) in [6.45, 7) is 3.58. The monoisotopic (exact) mass is 407 g/mol. The second-order valence-electron chi connectivity index (χ2n) is 5.68. The molecule has 10 heteroatoms. The molecule has 0 aliphatic carbocycles. The first-order valence-corrected chi connectivity index (χ1v) is 9.78. The molecule has 0 spiro atoms. The van der Waals surface area contributed by atoms with Gasteiger partial charge in [0.2, 0.25) is 10.0 Å². The van der Waals surface area contributed by atoms with E-state index in [0.717, 1.165) is 18.2 Å². The second-order valence-corrected chi connectivity index (χ2v) is 7.62. The van der Waals surface area contributed by atoms with Gasteiger partial charge >= 0.3 is 5.69 Å². The lowest BCUT2D eigenvalue weighted by Gasteiger charge is -2.18. The van der Waals surface area contributed by atoms with Crippen molar-refractivity contribution in [2.45, 2.75) is 25.3 Å². The van der Waals surface area contributed by atoms with Crippen LogP contribution in [0.1, 0.15) is 25.0 Å². The van der Waals surface area contributed by atoms with Gasteiger partial charge in [0.15, 0.2) is 5.75 Å². The number of halogens is 1. The average Bonchev–Trinajstić information content (AvgIpc) is 2.67. The fraction of sp³-hybridized carbons (Fsp3) is 0.278. The predicted octanol–water partition coefficient (Wildman–Crippen LogP) is 3.22. The zero-order valence-electron chi connectivity index (χ0n) is 15.3. The minimum atomic E-state index is -3.87. The number of benzene rings is 2. The Hall–Kier alpha value is -3.03. The summed E-state index contributed by atoms with van der Waals surface area (Å²) in [6.07, 6.45) is 0. The van der Waals surface area contributed by atoms with Crippen LogP contribution in [0.2, 0.25) is 0 Å². The molecule has 0 aromatic heterocycles. The maximum absolute atomic E-state index is 13.2. The van der Waals surface area contributed by atoms with Crippen LogP contribution in [0.5, 0.6) is 5.75 Å². The van der Waals surface area contributed by atoms with E-state index in [-0.39, 0.29) is 35.9 Å². The Labute approximate surface area is 162 Å². The fourth-order valence-corrected chi connectivity index (χ4v) is 4.05. The van der Waals surface area contributed by atoms with Crippen molar-refractivity contribution in [3.8, 4) is 11.8 Å². The first-order valence-electron chi connectivity index (χ1n) is 8.34. The van der Waals surface area contributed by atoms with Gasteiger partial charge in [-0.2, -0.15) is 9.57 Å². The van der Waals surface area contributed by atoms with E-state index in [2.05, 4.69) is 0 Å². The van der Waals surface area contributed by atoms with Crippen LogP contribution < -0.4 is 4.74 Å². The number of nitro benzene ring substituents is 1. The summed E-state index contributed by atoms with van der Waals surface area (Å²) in [5.74, 6) is -0.742. The standard InChI is InChI=1S/C18H18FN3O5S/c1-3-21(4-2)28(25,26)16-7-8-18(17(10-16)22(23)24)27-12-13-5-6-15(19)9-14(13)11-20/h5-10H,3-4,12H2,1-2H3. The molecule has 0 saturated carbocycles. The van der Waals surface area contributed by atoms with Crippen molar-refractivity contribution in [3.05, 3.63) is 63.5 Å². The van der Waals surface area contributed by atoms with Gasteiger partial charge in [0.1, 0.15) is 12.4 Å². The highest BCUT2D eigenvalue weighted by Crippen LogP contribution is 2.31. The molecule has 2 rings (SSSR count). The molecule has 0 amide bonds. The summed E-state index contributed by atoms with van der Waals surface area (Å²) in [5, 5.41) is 20.5. The van der Waals surface area contributed by atoms with E-state index in [1.807, 2.05) is 6.07 Å². The van der Waals surface area contributed by atoms with Crippen LogP contribution in [0, 0.1) is 27.3 Å². The van der Waals surface area contributed by atoms with Crippen LogP contribution in [0.25, 0.3) is 0 Å². The molecule has 0 bridgehead atoms. The Morgan fingerprint density at radius 2 is 1.89 bits per heavy atom. The summed E-state index contributed by atoms with van der Waals surface area (Å²) in [6, 6.07) is 8.72. The van der Waals surface area contributed by atoms with Crippen LogP contribution in [-0.4, -0.2) is 30.7 Å². The molecule has 0 atom stereocenters. The van der Waals surface area contributed by atoms with Gasteiger partial charge in [-0.3, -0.25) is 10.1 Å². The molecule has 28 heavy (non-hydrogen) atoms. The van der Waals surface area contributed by atoms with E-state index < -0.39 is 26.5 Å². The smallest absolute Gasteiger partial charge is 0.312 e. The summed E-state index contributed by atoms with van der Waals surface area (Å²) < 4.78 is 44.9. The van der Waals surface area contributed by atoms with Gasteiger partial charge in [0, 0.05) is 24.7 Å². The van der Waals surface area contributed by atoms with Crippen molar-refractivity contribution in [2.75, 3.05) is 13.1 Å². The minimum Gasteiger partial charge on any atom is -0.482 e. The maximum Gasteiger partial charge on any atom is 0.312 e. The zero-order valence-corrected chi connectivity index (χ0v) is 16.1. The number of hydrogen-bond donors (Lipinski definition) is 0. The molecule has 0 aliphatic heterocycles. The molecule has 0 aliphatic rings. The third kappa shape index (κ3) is 4.44. The summed E-state index contributed by atoms with van der Waals surface area (Å²) in [7, 11) is -3.87. The van der Waals surface area contributed by atoms with Crippen molar-refractivity contribution in [1.29, 1.82) is 5.26 Å². The average molecular weight is 407 g/mol. The number of ether oxygens (including phenoxy) is 1. The number of nitrogens with zero attached hydrogens (tertiary/aromatic N) is 3. The third-order valence-electron chi connectivity index (χ3n) is 4.05. The van der Waals surface area contributed by atoms with E-state index in [1.54, 1.807) is 13.8 Å². The molecule has 0 radical (unpaired) electrons. The van der Waals surface area contributed by atoms with Crippen LogP contribution in [0.15, 0.2) is 41.3 Å². The number of sulfonamides is 1. The van der Waals surface area contributed by atoms with Crippen LogP contribution in [0.3, 0.4) is 0 Å². The van der Waals surface area contributed by atoms with Gasteiger partial charge < -0.3 is 4.74 Å². The molecule has 8 nitrogen and oxygen atoms in total. The number of nitro groups is 1. The topological polar surface area (TPSA) is 114 Å². The molecular weight excluding hydrogens is 389 g/mol. The molecular formula is C18H18FN3O5S. The van der Waals surface area contributed by atoms with Gasteiger partial charge in [-0.05, 0) is 24.3 Å². The SMILES string of the molecule is CCN(CC)S(=O)(=O)c1ccc(OCc2ccc(F)cc2C#N)c([N+](=O)[O-])c1. The largest absolute Gasteiger partial charge is 0.482 e. The van der Waals surface area contributed by atoms with Crippen molar-refractivity contribution in [2.24, 2.45) is 0 Å². The molecule has 0 saturated heterocycles. The van der Waals surface area contributed by atoms with Crippen molar-refractivity contribution in [3.63, 3.8) is 0 Å². The summed E-state index contributed by atoms with van der Waals surface area (Å²) in [5.41, 5.74) is -0.129. The van der Waals surface area contributed by atoms with E-state index >= 15 is 0 Å². The van der Waals surface area contributed by atoms with Gasteiger partial charge in [-0.15, -0.1) is 0 Å². The highest BCUT2D eigenvalue weighted by Gasteiger charge is 2.26. The number of hydrogen-bond acceptors (Lipinski definition) is 6. The van der Waals surface area contributed by atoms with Crippen molar-refractivity contribution in [1.82, 2.24) is 4.31 Å². The van der Waals surface area contributed by atoms with Gasteiger partial charge in [-0.25, -0.2) is 12.8 Å². The Morgan fingerprint density at radius 3 is 2.46 bits per heavy atom. The molecule has 148 valence electrons. The molecule has 2 aromatic rings. The Kier molecular flexibility index (Phi) is 6.66. The van der Waals surface area contributed by atoms with Crippen molar-refractivity contribution >= 4 is 15.7 Å². The van der Waals surface area contributed by atoms with Gasteiger partial charge in [0.05, 0.1) is 21.5 Å². The van der Waals surface area contributed by atoms with Crippen molar-refractivity contribution < 1.29 is 22.5 Å². The quantitative estimate of drug-likeness (QED) is 0.490. The predicted molar refractivity (Wildman–Crippen MR) is 98.7 cm³/mol. The Balaban J connectivity index is 2.37. The van der Waals surface area contributed by atoms with Crippen LogP contribution in [0.4, 0.5) is 10.1 Å². The molecule has 0 fully saturated rings. The molecule has 0 N–H and O–H groups in total. The lowest BCUT2D eigenvalue weighted by Crippen LogP contribution is -2.30. The second kappa shape index (κ2) is 8.77. The normalized spacial score (nSPS) is 11.2. The zero-order chi connectivity index (χ0) is 20.9.